The Morgan fingerprint density at radius 2 is 2.10 bits per heavy atom. The number of halogens is 1. The second-order valence-electron chi connectivity index (χ2n) is 4.60. The van der Waals surface area contributed by atoms with Crippen LogP contribution in [0, 0.1) is 5.82 Å². The lowest BCUT2D eigenvalue weighted by Crippen LogP contribution is -2.41. The van der Waals surface area contributed by atoms with E-state index in [9.17, 15) is 9.18 Å². The number of nitrogens with one attached hydrogen (secondary N) is 2. The first-order chi connectivity index (χ1) is 9.65. The Bertz CT molecular complexity index is 557. The number of rotatable bonds is 5. The summed E-state index contributed by atoms with van der Waals surface area (Å²) in [6.07, 6.45) is 0.471. The first kappa shape index (κ1) is 14.5. The fourth-order valence-electron chi connectivity index (χ4n) is 1.90. The summed E-state index contributed by atoms with van der Waals surface area (Å²) >= 11 is 1.60. The lowest BCUT2D eigenvalue weighted by molar-refractivity contribution is 0.237. The molecule has 2 amide bonds. The maximum Gasteiger partial charge on any atom is 0.315 e. The van der Waals surface area contributed by atoms with Gasteiger partial charge in [0.25, 0.3) is 0 Å². The van der Waals surface area contributed by atoms with Gasteiger partial charge in [0.15, 0.2) is 0 Å². The fraction of sp³-hybridized carbons (Fsp3) is 0.267. The lowest BCUT2D eigenvalue weighted by atomic mass is 10.1. The molecule has 2 N–H and O–H groups in total. The van der Waals surface area contributed by atoms with Crippen molar-refractivity contribution in [2.24, 2.45) is 0 Å². The Hall–Kier alpha value is -1.88. The number of thiophene rings is 1. The van der Waals surface area contributed by atoms with E-state index in [0.29, 0.717) is 18.5 Å². The Labute approximate surface area is 121 Å². The maximum absolute atomic E-state index is 13.5. The highest BCUT2D eigenvalue weighted by atomic mass is 32.1. The second kappa shape index (κ2) is 7.05. The molecule has 0 saturated heterocycles. The van der Waals surface area contributed by atoms with Crippen molar-refractivity contribution in [1.82, 2.24) is 10.6 Å². The van der Waals surface area contributed by atoms with Crippen LogP contribution in [0.5, 0.6) is 0 Å². The number of hydrogen-bond donors (Lipinski definition) is 2. The molecular weight excluding hydrogens is 275 g/mol. The first-order valence-electron chi connectivity index (χ1n) is 6.45. The molecule has 0 radical (unpaired) electrons. The third kappa shape index (κ3) is 4.35. The van der Waals surface area contributed by atoms with E-state index in [1.165, 1.54) is 6.07 Å². The van der Waals surface area contributed by atoms with Crippen molar-refractivity contribution in [3.63, 3.8) is 0 Å². The molecule has 0 spiro atoms. The van der Waals surface area contributed by atoms with Gasteiger partial charge in [-0.15, -0.1) is 11.3 Å². The summed E-state index contributed by atoms with van der Waals surface area (Å²) < 4.78 is 13.5. The average Bonchev–Trinajstić information content (AvgIpc) is 2.92. The number of urea groups is 1. The van der Waals surface area contributed by atoms with E-state index in [0.717, 1.165) is 4.88 Å². The standard InChI is InChI=1S/C15H17FN2OS/c1-11(9-12-5-2-3-7-14(12)16)18-15(19)17-10-13-6-4-8-20-13/h2-8,11H,9-10H2,1H3,(H2,17,18,19). The normalized spacial score (nSPS) is 11.9. The maximum atomic E-state index is 13.5. The Balaban J connectivity index is 1.78. The molecule has 20 heavy (non-hydrogen) atoms. The predicted molar refractivity (Wildman–Crippen MR) is 79.3 cm³/mol. The Morgan fingerprint density at radius 3 is 2.80 bits per heavy atom. The van der Waals surface area contributed by atoms with Gasteiger partial charge in [-0.25, -0.2) is 9.18 Å². The van der Waals surface area contributed by atoms with Gasteiger partial charge in [0.05, 0.1) is 6.54 Å². The van der Waals surface area contributed by atoms with E-state index in [-0.39, 0.29) is 17.9 Å². The topological polar surface area (TPSA) is 41.1 Å². The van der Waals surface area contributed by atoms with Crippen molar-refractivity contribution in [3.8, 4) is 0 Å². The minimum atomic E-state index is -0.236. The van der Waals surface area contributed by atoms with E-state index in [2.05, 4.69) is 10.6 Å². The highest BCUT2D eigenvalue weighted by Gasteiger charge is 2.10. The molecule has 106 valence electrons. The van der Waals surface area contributed by atoms with Crippen LogP contribution in [0.4, 0.5) is 9.18 Å². The summed E-state index contributed by atoms with van der Waals surface area (Å²) in [5, 5.41) is 7.56. The van der Waals surface area contributed by atoms with Crippen molar-refractivity contribution >= 4 is 17.4 Å². The van der Waals surface area contributed by atoms with Crippen LogP contribution in [0.15, 0.2) is 41.8 Å². The van der Waals surface area contributed by atoms with Gasteiger partial charge in [-0.3, -0.25) is 0 Å². The van der Waals surface area contributed by atoms with Crippen molar-refractivity contribution in [2.75, 3.05) is 0 Å². The molecule has 0 saturated carbocycles. The number of amides is 2. The lowest BCUT2D eigenvalue weighted by Gasteiger charge is -2.15. The third-order valence-corrected chi connectivity index (χ3v) is 3.74. The molecule has 1 aromatic carbocycles. The smallest absolute Gasteiger partial charge is 0.315 e. The van der Waals surface area contributed by atoms with Crippen LogP contribution < -0.4 is 10.6 Å². The third-order valence-electron chi connectivity index (χ3n) is 2.86. The summed E-state index contributed by atoms with van der Waals surface area (Å²) in [4.78, 5) is 12.8. The summed E-state index contributed by atoms with van der Waals surface area (Å²) in [5.41, 5.74) is 0.610. The van der Waals surface area contributed by atoms with Crippen LogP contribution in [0.25, 0.3) is 0 Å². The van der Waals surface area contributed by atoms with E-state index in [1.54, 1.807) is 29.5 Å². The molecule has 0 aliphatic rings. The van der Waals surface area contributed by atoms with Gasteiger partial charge in [-0.05, 0) is 36.4 Å². The van der Waals surface area contributed by atoms with Crippen molar-refractivity contribution in [2.45, 2.75) is 25.9 Å². The minimum Gasteiger partial charge on any atom is -0.335 e. The molecule has 1 aromatic heterocycles. The average molecular weight is 292 g/mol. The van der Waals surface area contributed by atoms with Gasteiger partial charge >= 0.3 is 6.03 Å². The summed E-state index contributed by atoms with van der Waals surface area (Å²) in [7, 11) is 0. The second-order valence-corrected chi connectivity index (χ2v) is 5.64. The molecule has 1 unspecified atom stereocenters. The molecule has 5 heteroatoms. The Morgan fingerprint density at radius 1 is 1.30 bits per heavy atom. The number of carbonyl (C=O) groups excluding carboxylic acids is 1. The highest BCUT2D eigenvalue weighted by molar-refractivity contribution is 7.09. The fourth-order valence-corrected chi connectivity index (χ4v) is 2.54. The number of hydrogen-bond acceptors (Lipinski definition) is 2. The summed E-state index contributed by atoms with van der Waals surface area (Å²) in [6, 6.07) is 10.2. The number of benzene rings is 1. The zero-order valence-corrected chi connectivity index (χ0v) is 12.0. The molecule has 0 bridgehead atoms. The van der Waals surface area contributed by atoms with Crippen LogP contribution in [0.1, 0.15) is 17.4 Å². The van der Waals surface area contributed by atoms with E-state index in [4.69, 9.17) is 0 Å². The van der Waals surface area contributed by atoms with Crippen molar-refractivity contribution in [3.05, 3.63) is 58.0 Å². The van der Waals surface area contributed by atoms with Crippen LogP contribution in [0.2, 0.25) is 0 Å². The van der Waals surface area contributed by atoms with Crippen LogP contribution in [-0.2, 0) is 13.0 Å². The largest absolute Gasteiger partial charge is 0.335 e. The quantitative estimate of drug-likeness (QED) is 0.872. The Kier molecular flexibility index (Phi) is 5.12. The van der Waals surface area contributed by atoms with E-state index in [1.807, 2.05) is 24.4 Å². The van der Waals surface area contributed by atoms with Gasteiger partial charge in [-0.1, -0.05) is 24.3 Å². The van der Waals surface area contributed by atoms with Gasteiger partial charge in [-0.2, -0.15) is 0 Å². The number of carbonyl (C=O) groups is 1. The van der Waals surface area contributed by atoms with Gasteiger partial charge in [0.2, 0.25) is 0 Å². The minimum absolute atomic E-state index is 0.129. The summed E-state index contributed by atoms with van der Waals surface area (Å²) in [5.74, 6) is -0.236. The molecule has 2 aromatic rings. The van der Waals surface area contributed by atoms with Gasteiger partial charge < -0.3 is 10.6 Å². The molecule has 0 fully saturated rings. The molecule has 3 nitrogen and oxygen atoms in total. The highest BCUT2D eigenvalue weighted by Crippen LogP contribution is 2.09. The molecule has 1 heterocycles. The predicted octanol–water partition coefficient (Wildman–Crippen LogP) is 3.32. The monoisotopic (exact) mass is 292 g/mol. The molecule has 0 aliphatic carbocycles. The van der Waals surface area contributed by atoms with E-state index >= 15 is 0 Å². The SMILES string of the molecule is CC(Cc1ccccc1F)NC(=O)NCc1cccs1. The van der Waals surface area contributed by atoms with Crippen LogP contribution in [-0.4, -0.2) is 12.1 Å². The van der Waals surface area contributed by atoms with Gasteiger partial charge in [0, 0.05) is 10.9 Å². The zero-order chi connectivity index (χ0) is 14.4. The molecular formula is C15H17FN2OS. The van der Waals surface area contributed by atoms with E-state index < -0.39 is 0 Å². The van der Waals surface area contributed by atoms with Crippen LogP contribution >= 0.6 is 11.3 Å². The van der Waals surface area contributed by atoms with Gasteiger partial charge in [0.1, 0.15) is 5.82 Å². The van der Waals surface area contributed by atoms with Crippen molar-refractivity contribution < 1.29 is 9.18 Å². The first-order valence-corrected chi connectivity index (χ1v) is 7.33. The summed E-state index contributed by atoms with van der Waals surface area (Å²) in [6.45, 7) is 2.37. The molecule has 2 rings (SSSR count). The zero-order valence-electron chi connectivity index (χ0n) is 11.2. The molecule has 1 atom stereocenters. The van der Waals surface area contributed by atoms with Crippen LogP contribution in [0.3, 0.4) is 0 Å². The molecule has 0 aliphatic heterocycles. The van der Waals surface area contributed by atoms with Crippen molar-refractivity contribution in [1.29, 1.82) is 0 Å².